The second-order valence-corrected chi connectivity index (χ2v) is 10.5. The number of para-hydroxylation sites is 3. The van der Waals surface area contributed by atoms with Crippen LogP contribution in [0, 0.1) is 0 Å². The summed E-state index contributed by atoms with van der Waals surface area (Å²) in [7, 11) is 0. The zero-order valence-electron chi connectivity index (χ0n) is 21.6. The summed E-state index contributed by atoms with van der Waals surface area (Å²) in [4.78, 5) is 0. The summed E-state index contributed by atoms with van der Waals surface area (Å²) in [6.45, 7) is 0. The van der Waals surface area contributed by atoms with Gasteiger partial charge in [-0.3, -0.25) is 0 Å². The van der Waals surface area contributed by atoms with Crippen molar-refractivity contribution in [3.63, 3.8) is 0 Å². The molecule has 0 spiro atoms. The van der Waals surface area contributed by atoms with Gasteiger partial charge in [0.25, 0.3) is 0 Å². The molecule has 1 aliphatic heterocycles. The van der Waals surface area contributed by atoms with E-state index in [-0.39, 0.29) is 0 Å². The molecule has 0 atom stereocenters. The molecular formula is C38H23NO. The molecule has 2 nitrogen and oxygen atoms in total. The van der Waals surface area contributed by atoms with Crippen LogP contribution >= 0.6 is 0 Å². The van der Waals surface area contributed by atoms with Crippen LogP contribution in [0.4, 0.5) is 0 Å². The number of hydrogen-bond acceptors (Lipinski definition) is 1. The van der Waals surface area contributed by atoms with Crippen LogP contribution in [-0.2, 0) is 0 Å². The molecule has 40 heavy (non-hydrogen) atoms. The molecule has 0 aliphatic carbocycles. The van der Waals surface area contributed by atoms with Crippen LogP contribution in [0.5, 0.6) is 11.5 Å². The SMILES string of the molecule is c1ccc(-n2c3ccccc3c3cc4c(-c5ccc6c7c(cccc57)-c5ccccc5O6)cccc4cc32)cc1. The van der Waals surface area contributed by atoms with Gasteiger partial charge in [-0.25, -0.2) is 0 Å². The lowest BCUT2D eigenvalue weighted by Gasteiger charge is -2.22. The maximum absolute atomic E-state index is 6.38. The normalized spacial score (nSPS) is 12.2. The third-order valence-corrected chi connectivity index (χ3v) is 8.38. The van der Waals surface area contributed by atoms with Crippen LogP contribution in [0.15, 0.2) is 140 Å². The van der Waals surface area contributed by atoms with Gasteiger partial charge in [0.1, 0.15) is 11.5 Å². The van der Waals surface area contributed by atoms with Crippen molar-refractivity contribution < 1.29 is 4.74 Å². The number of aromatic nitrogens is 1. The Morgan fingerprint density at radius 3 is 2.08 bits per heavy atom. The zero-order valence-corrected chi connectivity index (χ0v) is 21.6. The molecule has 0 saturated carbocycles. The Bertz CT molecular complexity index is 2290. The Labute approximate surface area is 231 Å². The lowest BCUT2D eigenvalue weighted by Crippen LogP contribution is -1.97. The maximum atomic E-state index is 6.38. The highest BCUT2D eigenvalue weighted by Gasteiger charge is 2.22. The second-order valence-electron chi connectivity index (χ2n) is 10.5. The van der Waals surface area contributed by atoms with E-state index in [2.05, 4.69) is 132 Å². The average molecular weight is 510 g/mol. The van der Waals surface area contributed by atoms with Gasteiger partial charge in [0.15, 0.2) is 0 Å². The van der Waals surface area contributed by atoms with Crippen molar-refractivity contribution in [1.29, 1.82) is 0 Å². The predicted octanol–water partition coefficient (Wildman–Crippen LogP) is 10.5. The lowest BCUT2D eigenvalue weighted by atomic mass is 9.89. The third-order valence-electron chi connectivity index (χ3n) is 8.38. The molecule has 0 fully saturated rings. The van der Waals surface area contributed by atoms with E-state index in [0.29, 0.717) is 0 Å². The van der Waals surface area contributed by atoms with Gasteiger partial charge in [0.05, 0.1) is 11.0 Å². The molecule has 8 aromatic rings. The van der Waals surface area contributed by atoms with Crippen LogP contribution in [0.1, 0.15) is 0 Å². The molecule has 0 amide bonds. The van der Waals surface area contributed by atoms with E-state index in [1.807, 2.05) is 12.1 Å². The quantitative estimate of drug-likeness (QED) is 0.226. The highest BCUT2D eigenvalue weighted by atomic mass is 16.5. The molecule has 0 radical (unpaired) electrons. The molecule has 2 heterocycles. The van der Waals surface area contributed by atoms with Crippen molar-refractivity contribution in [3.05, 3.63) is 140 Å². The van der Waals surface area contributed by atoms with E-state index in [9.17, 15) is 0 Å². The van der Waals surface area contributed by atoms with E-state index in [4.69, 9.17) is 4.74 Å². The first-order valence-corrected chi connectivity index (χ1v) is 13.7. The molecule has 0 N–H and O–H groups in total. The molecular weight excluding hydrogens is 486 g/mol. The smallest absolute Gasteiger partial charge is 0.135 e. The van der Waals surface area contributed by atoms with Crippen LogP contribution in [0.25, 0.3) is 71.3 Å². The van der Waals surface area contributed by atoms with Gasteiger partial charge in [-0.05, 0) is 75.3 Å². The molecule has 0 unspecified atom stereocenters. The fourth-order valence-corrected chi connectivity index (χ4v) is 6.65. The molecule has 0 saturated heterocycles. The summed E-state index contributed by atoms with van der Waals surface area (Å²) in [5, 5.41) is 7.40. The Kier molecular flexibility index (Phi) is 4.36. The average Bonchev–Trinajstić information content (AvgIpc) is 3.34. The topological polar surface area (TPSA) is 14.2 Å². The number of nitrogens with zero attached hydrogens (tertiary/aromatic N) is 1. The first-order valence-electron chi connectivity index (χ1n) is 13.7. The number of fused-ring (bicyclic) bond motifs is 6. The minimum Gasteiger partial charge on any atom is -0.456 e. The van der Waals surface area contributed by atoms with E-state index >= 15 is 0 Å². The van der Waals surface area contributed by atoms with Gasteiger partial charge in [-0.1, -0.05) is 97.1 Å². The van der Waals surface area contributed by atoms with Gasteiger partial charge < -0.3 is 9.30 Å². The summed E-state index contributed by atoms with van der Waals surface area (Å²) in [5.41, 5.74) is 8.44. The van der Waals surface area contributed by atoms with Gasteiger partial charge in [-0.2, -0.15) is 0 Å². The summed E-state index contributed by atoms with van der Waals surface area (Å²) >= 11 is 0. The van der Waals surface area contributed by atoms with E-state index in [1.165, 1.54) is 65.7 Å². The summed E-state index contributed by atoms with van der Waals surface area (Å²) in [6, 6.07) is 50.1. The summed E-state index contributed by atoms with van der Waals surface area (Å²) in [6.07, 6.45) is 0. The Morgan fingerprint density at radius 1 is 0.400 bits per heavy atom. The molecule has 7 aromatic carbocycles. The van der Waals surface area contributed by atoms with Gasteiger partial charge in [0, 0.05) is 27.4 Å². The largest absolute Gasteiger partial charge is 0.456 e. The fraction of sp³-hybridized carbons (Fsp3) is 0. The van der Waals surface area contributed by atoms with Crippen molar-refractivity contribution in [2.75, 3.05) is 0 Å². The maximum Gasteiger partial charge on any atom is 0.135 e. The zero-order chi connectivity index (χ0) is 26.2. The Morgan fingerprint density at radius 2 is 1.12 bits per heavy atom. The Balaban J connectivity index is 1.35. The monoisotopic (exact) mass is 509 g/mol. The Hall–Kier alpha value is -5.34. The van der Waals surface area contributed by atoms with Crippen LogP contribution in [0.2, 0.25) is 0 Å². The second kappa shape index (κ2) is 8.08. The van der Waals surface area contributed by atoms with Crippen molar-refractivity contribution in [2.45, 2.75) is 0 Å². The molecule has 1 aliphatic rings. The number of hydrogen-bond donors (Lipinski definition) is 0. The lowest BCUT2D eigenvalue weighted by molar-refractivity contribution is 0.487. The van der Waals surface area contributed by atoms with E-state index in [0.717, 1.165) is 17.1 Å². The molecule has 186 valence electrons. The van der Waals surface area contributed by atoms with Crippen molar-refractivity contribution >= 4 is 43.4 Å². The van der Waals surface area contributed by atoms with Gasteiger partial charge in [-0.15, -0.1) is 0 Å². The molecule has 1 aromatic heterocycles. The number of benzene rings is 7. The van der Waals surface area contributed by atoms with E-state index < -0.39 is 0 Å². The predicted molar refractivity (Wildman–Crippen MR) is 167 cm³/mol. The van der Waals surface area contributed by atoms with Gasteiger partial charge in [0.2, 0.25) is 0 Å². The van der Waals surface area contributed by atoms with Crippen molar-refractivity contribution in [2.24, 2.45) is 0 Å². The van der Waals surface area contributed by atoms with E-state index in [1.54, 1.807) is 0 Å². The van der Waals surface area contributed by atoms with Crippen molar-refractivity contribution in [1.82, 2.24) is 4.57 Å². The summed E-state index contributed by atoms with van der Waals surface area (Å²) in [5.74, 6) is 1.83. The first kappa shape index (κ1) is 21.6. The minimum atomic E-state index is 0.914. The highest BCUT2D eigenvalue weighted by Crippen LogP contribution is 2.49. The van der Waals surface area contributed by atoms with Gasteiger partial charge >= 0.3 is 0 Å². The molecule has 2 heteroatoms. The van der Waals surface area contributed by atoms with Crippen molar-refractivity contribution in [3.8, 4) is 39.4 Å². The fourth-order valence-electron chi connectivity index (χ4n) is 6.65. The number of rotatable bonds is 2. The molecule has 9 rings (SSSR count). The standard InChI is InChI=1S/C38H23NO/c1-2-11-25(12-3-1)39-34-18-6-4-13-28(34)33-23-32-24(22-35(33)39)10-8-15-26(32)27-20-21-37-38-30(27)16-9-17-31(38)29-14-5-7-19-36(29)40-37/h1-23H. The van der Waals surface area contributed by atoms with Crippen LogP contribution in [0.3, 0.4) is 0 Å². The third kappa shape index (κ3) is 2.93. The highest BCUT2D eigenvalue weighted by molar-refractivity contribution is 6.18. The van der Waals surface area contributed by atoms with Crippen LogP contribution < -0.4 is 4.74 Å². The first-order chi connectivity index (χ1) is 19.8. The molecule has 0 bridgehead atoms. The number of ether oxygens (including phenoxy) is 1. The minimum absolute atomic E-state index is 0.914. The van der Waals surface area contributed by atoms with Crippen LogP contribution in [-0.4, -0.2) is 4.57 Å². The summed E-state index contributed by atoms with van der Waals surface area (Å²) < 4.78 is 8.76.